The Bertz CT molecular complexity index is 1550. The van der Waals surface area contributed by atoms with Crippen molar-refractivity contribution in [2.45, 2.75) is 24.7 Å². The van der Waals surface area contributed by atoms with Gasteiger partial charge in [-0.3, -0.25) is 0 Å². The first-order valence-electron chi connectivity index (χ1n) is 11.3. The number of ether oxygens (including phenoxy) is 2. The number of methoxy groups -OCH3 is 2. The van der Waals surface area contributed by atoms with E-state index in [1.165, 1.54) is 37.7 Å². The van der Waals surface area contributed by atoms with Crippen LogP contribution in [0.2, 0.25) is 0 Å². The number of dihydropyridines is 1. The Hall–Kier alpha value is -4.00. The highest BCUT2D eigenvalue weighted by atomic mass is 32.2. The maximum absolute atomic E-state index is 12.9. The summed E-state index contributed by atoms with van der Waals surface area (Å²) in [6.45, 7) is 3.49. The van der Waals surface area contributed by atoms with Crippen molar-refractivity contribution in [3.05, 3.63) is 82.0 Å². The van der Waals surface area contributed by atoms with E-state index in [0.717, 1.165) is 0 Å². The summed E-state index contributed by atoms with van der Waals surface area (Å²) in [6, 6.07) is 13.5. The van der Waals surface area contributed by atoms with Crippen LogP contribution in [0.1, 0.15) is 25.3 Å². The maximum atomic E-state index is 12.9. The Morgan fingerprint density at radius 2 is 1.63 bits per heavy atom. The largest absolute Gasteiger partial charge is 0.466 e. The number of thiazole rings is 1. The second-order valence-corrected chi connectivity index (χ2v) is 10.9. The second kappa shape index (κ2) is 10.8. The molecule has 10 nitrogen and oxygen atoms in total. The Kier molecular flexibility index (Phi) is 7.67. The molecule has 1 aliphatic rings. The molecule has 2 aromatic carbocycles. The van der Waals surface area contributed by atoms with Gasteiger partial charge in [0.2, 0.25) is 10.0 Å². The average molecular weight is 555 g/mol. The van der Waals surface area contributed by atoms with Crippen LogP contribution in [-0.2, 0) is 29.1 Å². The summed E-state index contributed by atoms with van der Waals surface area (Å²) >= 11 is 1.31. The van der Waals surface area contributed by atoms with E-state index < -0.39 is 27.9 Å². The number of primary sulfonamides is 1. The van der Waals surface area contributed by atoms with Crippen LogP contribution in [0.4, 0.5) is 10.8 Å². The molecule has 3 aromatic rings. The molecule has 2 heterocycles. The zero-order chi connectivity index (χ0) is 27.6. The number of aromatic nitrogens is 1. The van der Waals surface area contributed by atoms with E-state index in [0.29, 0.717) is 39.0 Å². The number of carbonyl (C=O) groups is 2. The molecule has 0 amide bonds. The molecule has 0 fully saturated rings. The summed E-state index contributed by atoms with van der Waals surface area (Å²) < 4.78 is 33.6. The van der Waals surface area contributed by atoms with E-state index in [9.17, 15) is 18.0 Å². The molecule has 0 radical (unpaired) electrons. The highest BCUT2D eigenvalue weighted by molar-refractivity contribution is 7.89. The molecular weight excluding hydrogens is 528 g/mol. The topological polar surface area (TPSA) is 150 Å². The molecule has 1 aliphatic heterocycles. The third-order valence-corrected chi connectivity index (χ3v) is 7.72. The molecule has 38 heavy (non-hydrogen) atoms. The third-order valence-electron chi connectivity index (χ3n) is 6.05. The Balaban J connectivity index is 1.77. The van der Waals surface area contributed by atoms with Gasteiger partial charge in [-0.2, -0.15) is 0 Å². The maximum Gasteiger partial charge on any atom is 0.336 e. The standard InChI is InChI=1S/C26H26N4O6S2/c1-14-21(24(31)35-3)23(22(15(2)28-14)25(32)36-4)18-10-5-6-11-19(18)29-26-30-20(13-37-26)16-8-7-9-17(12-16)38(27,33)34/h5-13,23,28H,1-4H3,(H,29,30)(H2,27,33,34). The van der Waals surface area contributed by atoms with Gasteiger partial charge in [0.25, 0.3) is 0 Å². The van der Waals surface area contributed by atoms with Crippen molar-refractivity contribution in [2.24, 2.45) is 5.14 Å². The fourth-order valence-electron chi connectivity index (χ4n) is 4.34. The number of anilines is 2. The van der Waals surface area contributed by atoms with Gasteiger partial charge in [0.1, 0.15) is 0 Å². The van der Waals surface area contributed by atoms with Gasteiger partial charge >= 0.3 is 11.9 Å². The first kappa shape index (κ1) is 27.0. The van der Waals surface area contributed by atoms with Crippen LogP contribution in [0.25, 0.3) is 11.3 Å². The first-order chi connectivity index (χ1) is 18.0. The molecule has 4 N–H and O–H groups in total. The van der Waals surface area contributed by atoms with E-state index in [-0.39, 0.29) is 16.0 Å². The van der Waals surface area contributed by atoms with E-state index in [4.69, 9.17) is 14.6 Å². The van der Waals surface area contributed by atoms with E-state index >= 15 is 0 Å². The van der Waals surface area contributed by atoms with E-state index in [1.54, 1.807) is 31.4 Å². The van der Waals surface area contributed by atoms with Gasteiger partial charge in [-0.15, -0.1) is 11.3 Å². The van der Waals surface area contributed by atoms with Crippen LogP contribution in [0.15, 0.2) is 81.3 Å². The smallest absolute Gasteiger partial charge is 0.336 e. The third kappa shape index (κ3) is 5.32. The number of benzene rings is 2. The molecule has 0 bridgehead atoms. The quantitative estimate of drug-likeness (QED) is 0.371. The average Bonchev–Trinajstić information content (AvgIpc) is 3.36. The highest BCUT2D eigenvalue weighted by Gasteiger charge is 2.38. The molecular formula is C26H26N4O6S2. The minimum Gasteiger partial charge on any atom is -0.466 e. The molecule has 12 heteroatoms. The van der Waals surface area contributed by atoms with Crippen molar-refractivity contribution < 1.29 is 27.5 Å². The summed E-state index contributed by atoms with van der Waals surface area (Å²) in [6.07, 6.45) is 0. The molecule has 1 aromatic heterocycles. The Morgan fingerprint density at radius 1 is 1.00 bits per heavy atom. The number of nitrogens with zero attached hydrogens (tertiary/aromatic N) is 1. The summed E-state index contributed by atoms with van der Waals surface area (Å²) in [5.41, 5.74) is 4.09. The van der Waals surface area contributed by atoms with Crippen molar-refractivity contribution in [1.29, 1.82) is 0 Å². The Labute approximate surface area is 224 Å². The number of hydrogen-bond acceptors (Lipinski definition) is 10. The number of esters is 2. The fraction of sp³-hybridized carbons (Fsp3) is 0.192. The van der Waals surface area contributed by atoms with Crippen molar-refractivity contribution in [3.8, 4) is 11.3 Å². The molecule has 0 saturated carbocycles. The number of nitrogens with one attached hydrogen (secondary N) is 2. The molecule has 0 spiro atoms. The van der Waals surface area contributed by atoms with Crippen LogP contribution in [-0.4, -0.2) is 39.6 Å². The van der Waals surface area contributed by atoms with Gasteiger partial charge in [-0.1, -0.05) is 30.3 Å². The number of para-hydroxylation sites is 1. The van der Waals surface area contributed by atoms with E-state index in [1.807, 2.05) is 24.3 Å². The number of rotatable bonds is 7. The van der Waals surface area contributed by atoms with Crippen molar-refractivity contribution >= 4 is 44.1 Å². The fourth-order valence-corrected chi connectivity index (χ4v) is 5.63. The SMILES string of the molecule is COC(=O)C1=C(C)NC(C)=C(C(=O)OC)C1c1ccccc1Nc1nc(-c2cccc(S(N)(=O)=O)c2)cs1. The normalized spacial score (nSPS) is 14.2. The highest BCUT2D eigenvalue weighted by Crippen LogP contribution is 2.43. The number of nitrogens with two attached hydrogens (primary N) is 1. The lowest BCUT2D eigenvalue weighted by molar-refractivity contribution is -0.137. The monoisotopic (exact) mass is 554 g/mol. The van der Waals surface area contributed by atoms with Gasteiger partial charge in [0.15, 0.2) is 5.13 Å². The summed E-state index contributed by atoms with van der Waals surface area (Å²) in [7, 11) is -1.29. The van der Waals surface area contributed by atoms with Gasteiger partial charge in [0, 0.05) is 28.0 Å². The predicted molar refractivity (Wildman–Crippen MR) is 144 cm³/mol. The predicted octanol–water partition coefficient (Wildman–Crippen LogP) is 3.78. The van der Waals surface area contributed by atoms with Gasteiger partial charge in [0.05, 0.1) is 41.9 Å². The molecule has 0 saturated heterocycles. The van der Waals surface area contributed by atoms with Crippen molar-refractivity contribution in [2.75, 3.05) is 19.5 Å². The van der Waals surface area contributed by atoms with Crippen LogP contribution in [0, 0.1) is 0 Å². The Morgan fingerprint density at radius 3 is 2.24 bits per heavy atom. The number of hydrogen-bond donors (Lipinski definition) is 3. The zero-order valence-electron chi connectivity index (χ0n) is 21.1. The first-order valence-corrected chi connectivity index (χ1v) is 13.8. The molecule has 4 rings (SSSR count). The van der Waals surface area contributed by atoms with Crippen molar-refractivity contribution in [3.63, 3.8) is 0 Å². The minimum atomic E-state index is -3.86. The lowest BCUT2D eigenvalue weighted by atomic mass is 9.79. The molecule has 198 valence electrons. The molecule has 0 atom stereocenters. The van der Waals surface area contributed by atoms with Gasteiger partial charge in [-0.25, -0.2) is 28.1 Å². The lowest BCUT2D eigenvalue weighted by Gasteiger charge is -2.31. The van der Waals surface area contributed by atoms with E-state index in [2.05, 4.69) is 15.6 Å². The van der Waals surface area contributed by atoms with Crippen LogP contribution >= 0.6 is 11.3 Å². The molecule has 0 unspecified atom stereocenters. The number of allylic oxidation sites excluding steroid dienone is 2. The minimum absolute atomic E-state index is 0.0104. The van der Waals surface area contributed by atoms with Gasteiger partial charge < -0.3 is 20.1 Å². The van der Waals surface area contributed by atoms with Gasteiger partial charge in [-0.05, 0) is 37.6 Å². The van der Waals surface area contributed by atoms with Crippen LogP contribution < -0.4 is 15.8 Å². The summed E-state index contributed by atoms with van der Waals surface area (Å²) in [5, 5.41) is 13.9. The summed E-state index contributed by atoms with van der Waals surface area (Å²) in [5.74, 6) is -1.92. The van der Waals surface area contributed by atoms with Crippen LogP contribution in [0.3, 0.4) is 0 Å². The van der Waals surface area contributed by atoms with Crippen LogP contribution in [0.5, 0.6) is 0 Å². The number of carbonyl (C=O) groups excluding carboxylic acids is 2. The summed E-state index contributed by atoms with van der Waals surface area (Å²) in [4.78, 5) is 30.3. The molecule has 0 aliphatic carbocycles. The lowest BCUT2D eigenvalue weighted by Crippen LogP contribution is -2.32. The van der Waals surface area contributed by atoms with Crippen molar-refractivity contribution in [1.82, 2.24) is 10.3 Å². The second-order valence-electron chi connectivity index (χ2n) is 8.44. The zero-order valence-corrected chi connectivity index (χ0v) is 22.7. The number of sulfonamides is 1.